The van der Waals surface area contributed by atoms with Gasteiger partial charge in [-0.05, 0) is 24.3 Å². The Morgan fingerprint density at radius 1 is 1.06 bits per heavy atom. The second-order valence-electron chi connectivity index (χ2n) is 3.26. The maximum atomic E-state index is 13.3. The molecule has 2 aromatic rings. The number of aliphatic imine (C=N–C) groups is 1. The smallest absolute Gasteiger partial charge is 0.131 e. The largest absolute Gasteiger partial charge is 0.256 e. The summed E-state index contributed by atoms with van der Waals surface area (Å²) in [4.78, 5) is 4.20. The molecule has 0 aromatic heterocycles. The van der Waals surface area contributed by atoms with Crippen molar-refractivity contribution in [3.8, 4) is 0 Å². The van der Waals surface area contributed by atoms with Gasteiger partial charge in [0.25, 0.3) is 0 Å². The molecule has 0 fully saturated rings. The topological polar surface area (TPSA) is 12.4 Å². The third-order valence-electron chi connectivity index (χ3n) is 2.07. The van der Waals surface area contributed by atoms with Crippen LogP contribution in [0, 0.1) is 5.82 Å². The molecule has 2 aromatic carbocycles. The summed E-state index contributed by atoms with van der Waals surface area (Å²) in [5.74, 6) is -0.263. The second-order valence-corrected chi connectivity index (χ2v) is 4.18. The zero-order valence-corrected chi connectivity index (χ0v) is 9.99. The minimum Gasteiger partial charge on any atom is -0.256 e. The average molecular weight is 278 g/mol. The lowest BCUT2D eigenvalue weighted by atomic mass is 10.2. The molecular formula is C13H9BrFN. The first-order valence-corrected chi connectivity index (χ1v) is 5.59. The molecule has 3 heteroatoms. The first kappa shape index (κ1) is 11.0. The maximum Gasteiger partial charge on any atom is 0.131 e. The second kappa shape index (κ2) is 5.03. The fourth-order valence-corrected chi connectivity index (χ4v) is 1.67. The molecule has 0 aliphatic rings. The van der Waals surface area contributed by atoms with Gasteiger partial charge in [0.1, 0.15) is 5.82 Å². The Hall–Kier alpha value is -1.48. The summed E-state index contributed by atoms with van der Waals surface area (Å²) in [5.41, 5.74) is 1.28. The highest BCUT2D eigenvalue weighted by Gasteiger charge is 1.96. The molecule has 0 N–H and O–H groups in total. The third-order valence-corrected chi connectivity index (χ3v) is 2.56. The van der Waals surface area contributed by atoms with Crippen molar-refractivity contribution >= 4 is 27.8 Å². The van der Waals surface area contributed by atoms with Gasteiger partial charge in [-0.25, -0.2) is 4.39 Å². The highest BCUT2D eigenvalue weighted by Crippen LogP contribution is 2.18. The van der Waals surface area contributed by atoms with Crippen LogP contribution in [0.4, 0.5) is 10.1 Å². The molecule has 1 nitrogen and oxygen atoms in total. The van der Waals surface area contributed by atoms with Crippen molar-refractivity contribution in [3.63, 3.8) is 0 Å². The molecule has 0 spiro atoms. The number of hydrogen-bond acceptors (Lipinski definition) is 1. The lowest BCUT2D eigenvalue weighted by molar-refractivity contribution is 0.626. The molecule has 0 amide bonds. The molecule has 80 valence electrons. The van der Waals surface area contributed by atoms with E-state index in [1.165, 1.54) is 12.3 Å². The standard InChI is InChI=1S/C13H9BrFN/c14-11-5-3-6-12(8-11)16-9-10-4-1-2-7-13(10)15/h1-9H. The molecule has 0 unspecified atom stereocenters. The zero-order chi connectivity index (χ0) is 11.4. The average Bonchev–Trinajstić information content (AvgIpc) is 2.28. The fraction of sp³-hybridized carbons (Fsp3) is 0. The molecule has 0 saturated carbocycles. The van der Waals surface area contributed by atoms with E-state index in [9.17, 15) is 4.39 Å². The third kappa shape index (κ3) is 2.76. The van der Waals surface area contributed by atoms with Crippen molar-refractivity contribution in [2.24, 2.45) is 4.99 Å². The number of halogens is 2. The molecule has 0 heterocycles. The van der Waals surface area contributed by atoms with Crippen LogP contribution in [0.5, 0.6) is 0 Å². The summed E-state index contributed by atoms with van der Waals surface area (Å²) < 4.78 is 14.2. The predicted molar refractivity (Wildman–Crippen MR) is 67.8 cm³/mol. The molecule has 0 bridgehead atoms. The van der Waals surface area contributed by atoms with E-state index >= 15 is 0 Å². The van der Waals surface area contributed by atoms with Crippen LogP contribution in [0.3, 0.4) is 0 Å². The van der Waals surface area contributed by atoms with Crippen molar-refractivity contribution in [1.29, 1.82) is 0 Å². The van der Waals surface area contributed by atoms with E-state index in [0.717, 1.165) is 10.2 Å². The number of rotatable bonds is 2. The summed E-state index contributed by atoms with van der Waals surface area (Å²) in [6.07, 6.45) is 1.52. The van der Waals surface area contributed by atoms with E-state index in [1.54, 1.807) is 18.2 Å². The summed E-state index contributed by atoms with van der Waals surface area (Å²) >= 11 is 3.35. The van der Waals surface area contributed by atoms with Gasteiger partial charge >= 0.3 is 0 Å². The summed E-state index contributed by atoms with van der Waals surface area (Å²) in [7, 11) is 0. The number of benzene rings is 2. The maximum absolute atomic E-state index is 13.3. The van der Waals surface area contributed by atoms with Gasteiger partial charge < -0.3 is 0 Å². The van der Waals surface area contributed by atoms with Crippen molar-refractivity contribution in [2.45, 2.75) is 0 Å². The predicted octanol–water partition coefficient (Wildman–Crippen LogP) is 4.34. The van der Waals surface area contributed by atoms with Gasteiger partial charge in [0.15, 0.2) is 0 Å². The van der Waals surface area contributed by atoms with Crippen molar-refractivity contribution in [2.75, 3.05) is 0 Å². The van der Waals surface area contributed by atoms with Crippen LogP contribution in [0.25, 0.3) is 0 Å². The summed E-state index contributed by atoms with van der Waals surface area (Å²) in [5, 5.41) is 0. The molecule has 2 rings (SSSR count). The Bertz CT molecular complexity index is 523. The highest BCUT2D eigenvalue weighted by atomic mass is 79.9. The minimum absolute atomic E-state index is 0.263. The van der Waals surface area contributed by atoms with Gasteiger partial charge in [0.2, 0.25) is 0 Å². The summed E-state index contributed by atoms with van der Waals surface area (Å²) in [6, 6.07) is 14.1. The molecule has 0 saturated heterocycles. The SMILES string of the molecule is Fc1ccccc1C=Nc1cccc(Br)c1. The van der Waals surface area contributed by atoms with Crippen molar-refractivity contribution in [3.05, 3.63) is 64.4 Å². The molecular weight excluding hydrogens is 269 g/mol. The van der Waals surface area contributed by atoms with Gasteiger partial charge in [0, 0.05) is 16.3 Å². The number of hydrogen-bond donors (Lipinski definition) is 0. The van der Waals surface area contributed by atoms with Crippen LogP contribution < -0.4 is 0 Å². The Morgan fingerprint density at radius 3 is 2.62 bits per heavy atom. The zero-order valence-electron chi connectivity index (χ0n) is 8.40. The van der Waals surface area contributed by atoms with Gasteiger partial charge in [0.05, 0.1) is 5.69 Å². The van der Waals surface area contributed by atoms with Gasteiger partial charge in [-0.2, -0.15) is 0 Å². The molecule has 0 atom stereocenters. The van der Waals surface area contributed by atoms with Crippen LogP contribution >= 0.6 is 15.9 Å². The van der Waals surface area contributed by atoms with Crippen molar-refractivity contribution in [1.82, 2.24) is 0 Å². The lowest BCUT2D eigenvalue weighted by Crippen LogP contribution is -1.85. The van der Waals surface area contributed by atoms with E-state index in [1.807, 2.05) is 24.3 Å². The summed E-state index contributed by atoms with van der Waals surface area (Å²) in [6.45, 7) is 0. The fourth-order valence-electron chi connectivity index (χ4n) is 1.28. The normalized spacial score (nSPS) is 10.9. The Balaban J connectivity index is 2.25. The first-order chi connectivity index (χ1) is 7.75. The molecule has 0 aliphatic heterocycles. The van der Waals surface area contributed by atoms with E-state index in [0.29, 0.717) is 5.56 Å². The Kier molecular flexibility index (Phi) is 3.47. The van der Waals surface area contributed by atoms with Crippen LogP contribution in [0.2, 0.25) is 0 Å². The first-order valence-electron chi connectivity index (χ1n) is 4.80. The van der Waals surface area contributed by atoms with Gasteiger partial charge in [-0.1, -0.05) is 40.2 Å². The highest BCUT2D eigenvalue weighted by molar-refractivity contribution is 9.10. The lowest BCUT2D eigenvalue weighted by Gasteiger charge is -1.96. The monoisotopic (exact) mass is 277 g/mol. The van der Waals surface area contributed by atoms with Crippen LogP contribution in [0.15, 0.2) is 58.0 Å². The van der Waals surface area contributed by atoms with E-state index in [-0.39, 0.29) is 5.82 Å². The number of nitrogens with zero attached hydrogens (tertiary/aromatic N) is 1. The van der Waals surface area contributed by atoms with E-state index in [2.05, 4.69) is 20.9 Å². The minimum atomic E-state index is -0.263. The van der Waals surface area contributed by atoms with Crippen LogP contribution in [0.1, 0.15) is 5.56 Å². The van der Waals surface area contributed by atoms with Crippen LogP contribution in [-0.2, 0) is 0 Å². The molecule has 0 aliphatic carbocycles. The van der Waals surface area contributed by atoms with Gasteiger partial charge in [-0.15, -0.1) is 0 Å². The van der Waals surface area contributed by atoms with Crippen molar-refractivity contribution < 1.29 is 4.39 Å². The van der Waals surface area contributed by atoms with E-state index < -0.39 is 0 Å². The van der Waals surface area contributed by atoms with Gasteiger partial charge in [-0.3, -0.25) is 4.99 Å². The van der Waals surface area contributed by atoms with Crippen LogP contribution in [-0.4, -0.2) is 6.21 Å². The molecule has 16 heavy (non-hydrogen) atoms. The van der Waals surface area contributed by atoms with E-state index in [4.69, 9.17) is 0 Å². The Labute approximate surface area is 102 Å². The molecule has 0 radical (unpaired) electrons. The Morgan fingerprint density at radius 2 is 1.88 bits per heavy atom. The quantitative estimate of drug-likeness (QED) is 0.725.